The van der Waals surface area contributed by atoms with Gasteiger partial charge in [-0.05, 0) is 41.3 Å². The molecule has 0 radical (unpaired) electrons. The minimum atomic E-state index is -0.711. The lowest BCUT2D eigenvalue weighted by atomic mass is 9.84. The van der Waals surface area contributed by atoms with E-state index in [2.05, 4.69) is 6.07 Å². The maximum atomic E-state index is 12.9. The van der Waals surface area contributed by atoms with Gasteiger partial charge in [0.05, 0.1) is 0 Å². The lowest BCUT2D eigenvalue weighted by Gasteiger charge is -2.17. The van der Waals surface area contributed by atoms with Crippen LogP contribution in [0, 0.1) is 13.8 Å². The van der Waals surface area contributed by atoms with E-state index in [1.54, 1.807) is 12.1 Å². The third kappa shape index (κ3) is 1.88. The number of ketones is 2. The molecule has 0 heterocycles. The van der Waals surface area contributed by atoms with Crippen LogP contribution in [0.3, 0.4) is 0 Å². The van der Waals surface area contributed by atoms with E-state index < -0.39 is 5.92 Å². The highest BCUT2D eigenvalue weighted by Gasteiger charge is 2.40. The molecule has 3 aromatic carbocycles. The number of hydrogen-bond donors (Lipinski definition) is 0. The molecule has 0 fully saturated rings. The topological polar surface area (TPSA) is 34.1 Å². The number of hydrogen-bond acceptors (Lipinski definition) is 2. The maximum Gasteiger partial charge on any atom is 0.178 e. The second kappa shape index (κ2) is 4.88. The summed E-state index contributed by atoms with van der Waals surface area (Å²) in [5, 5.41) is 2.07. The summed E-state index contributed by atoms with van der Waals surface area (Å²) in [6.07, 6.45) is 0. The van der Waals surface area contributed by atoms with E-state index >= 15 is 0 Å². The van der Waals surface area contributed by atoms with E-state index in [9.17, 15) is 9.59 Å². The van der Waals surface area contributed by atoms with Crippen molar-refractivity contribution in [3.63, 3.8) is 0 Å². The highest BCUT2D eigenvalue weighted by molar-refractivity contribution is 6.30. The lowest BCUT2D eigenvalue weighted by molar-refractivity contribution is 0.0890. The Balaban J connectivity index is 2.03. The van der Waals surface area contributed by atoms with Gasteiger partial charge in [-0.2, -0.15) is 0 Å². The highest BCUT2D eigenvalue weighted by Crippen LogP contribution is 2.39. The lowest BCUT2D eigenvalue weighted by Crippen LogP contribution is -2.15. The zero-order valence-electron chi connectivity index (χ0n) is 13.1. The van der Waals surface area contributed by atoms with E-state index in [1.165, 1.54) is 0 Å². The Kier molecular flexibility index (Phi) is 2.95. The molecule has 1 aliphatic rings. The van der Waals surface area contributed by atoms with E-state index in [-0.39, 0.29) is 11.6 Å². The molecule has 0 saturated heterocycles. The molecule has 112 valence electrons. The quantitative estimate of drug-likeness (QED) is 0.614. The maximum absolute atomic E-state index is 12.9. The van der Waals surface area contributed by atoms with Crippen LogP contribution < -0.4 is 0 Å². The molecule has 4 rings (SSSR count). The zero-order chi connectivity index (χ0) is 16.1. The Hall–Kier alpha value is -2.74. The van der Waals surface area contributed by atoms with Crippen molar-refractivity contribution in [2.45, 2.75) is 19.8 Å². The van der Waals surface area contributed by atoms with Crippen LogP contribution in [0.15, 0.2) is 54.6 Å². The van der Waals surface area contributed by atoms with Gasteiger partial charge in [-0.1, -0.05) is 54.6 Å². The zero-order valence-corrected chi connectivity index (χ0v) is 13.1. The summed E-state index contributed by atoms with van der Waals surface area (Å²) >= 11 is 0. The van der Waals surface area contributed by atoms with Gasteiger partial charge >= 0.3 is 0 Å². The summed E-state index contributed by atoms with van der Waals surface area (Å²) in [6, 6.07) is 17.2. The van der Waals surface area contributed by atoms with Crippen LogP contribution in [0.1, 0.15) is 43.3 Å². The van der Waals surface area contributed by atoms with Gasteiger partial charge in [-0.15, -0.1) is 0 Å². The number of carbonyl (C=O) groups is 2. The second-order valence-electron chi connectivity index (χ2n) is 6.16. The molecule has 2 heteroatoms. The number of aryl methyl sites for hydroxylation is 1. The van der Waals surface area contributed by atoms with Crippen LogP contribution in [-0.2, 0) is 0 Å². The number of Topliss-reactive ketones (excluding diaryl/α,β-unsaturated/α-hetero) is 2. The largest absolute Gasteiger partial charge is 0.293 e. The first-order valence-electron chi connectivity index (χ1n) is 7.76. The fourth-order valence-electron chi connectivity index (χ4n) is 3.60. The predicted molar refractivity (Wildman–Crippen MR) is 91.3 cm³/mol. The van der Waals surface area contributed by atoms with Crippen LogP contribution in [0.25, 0.3) is 10.8 Å². The van der Waals surface area contributed by atoms with Crippen molar-refractivity contribution in [1.82, 2.24) is 0 Å². The fourth-order valence-corrected chi connectivity index (χ4v) is 3.60. The van der Waals surface area contributed by atoms with E-state index in [1.807, 2.05) is 50.2 Å². The molecule has 1 aliphatic carbocycles. The molecule has 3 aromatic rings. The molecule has 0 N–H and O–H groups in total. The molecule has 0 saturated carbocycles. The van der Waals surface area contributed by atoms with Crippen molar-refractivity contribution < 1.29 is 9.59 Å². The van der Waals surface area contributed by atoms with Crippen LogP contribution in [0.2, 0.25) is 0 Å². The van der Waals surface area contributed by atoms with Crippen molar-refractivity contribution in [3.05, 3.63) is 82.4 Å². The molecule has 0 aliphatic heterocycles. The average Bonchev–Trinajstić information content (AvgIpc) is 2.81. The van der Waals surface area contributed by atoms with Crippen LogP contribution in [-0.4, -0.2) is 11.6 Å². The first kappa shape index (κ1) is 13.9. The molecule has 0 bridgehead atoms. The molecular weight excluding hydrogens is 284 g/mol. The van der Waals surface area contributed by atoms with Crippen molar-refractivity contribution in [2.75, 3.05) is 0 Å². The Labute approximate surface area is 134 Å². The first-order valence-corrected chi connectivity index (χ1v) is 7.76. The van der Waals surface area contributed by atoms with Crippen molar-refractivity contribution >= 4 is 22.3 Å². The Morgan fingerprint density at radius 3 is 2.00 bits per heavy atom. The molecule has 0 aromatic heterocycles. The number of carbonyl (C=O) groups excluding carboxylic acids is 2. The monoisotopic (exact) mass is 300 g/mol. The molecular formula is C21H16O2. The molecule has 0 spiro atoms. The third-order valence-electron chi connectivity index (χ3n) is 4.89. The molecule has 0 unspecified atom stereocenters. The van der Waals surface area contributed by atoms with Crippen molar-refractivity contribution in [3.8, 4) is 0 Å². The number of rotatable bonds is 1. The van der Waals surface area contributed by atoms with Gasteiger partial charge in [0.25, 0.3) is 0 Å². The summed E-state index contributed by atoms with van der Waals surface area (Å²) in [5.74, 6) is -0.869. The van der Waals surface area contributed by atoms with E-state index in [0.717, 1.165) is 27.5 Å². The van der Waals surface area contributed by atoms with E-state index in [4.69, 9.17) is 0 Å². The first-order chi connectivity index (χ1) is 11.1. The normalized spacial score (nSPS) is 14.5. The van der Waals surface area contributed by atoms with Gasteiger partial charge in [0.1, 0.15) is 5.92 Å². The van der Waals surface area contributed by atoms with Gasteiger partial charge in [-0.3, -0.25) is 9.59 Å². The average molecular weight is 300 g/mol. The standard InChI is InChI=1S/C21H16O2/c1-12-11-14-7-3-4-8-15(14)18(13(12)2)19-20(22)16-9-5-6-10-17(16)21(19)23/h3-11,19H,1-2H3. The second-order valence-corrected chi connectivity index (χ2v) is 6.16. The summed E-state index contributed by atoms with van der Waals surface area (Å²) in [5.41, 5.74) is 4.10. The number of fused-ring (bicyclic) bond motifs is 2. The molecule has 0 amide bonds. The fraction of sp³-hybridized carbons (Fsp3) is 0.143. The smallest absolute Gasteiger partial charge is 0.178 e. The van der Waals surface area contributed by atoms with Crippen molar-refractivity contribution in [2.24, 2.45) is 0 Å². The van der Waals surface area contributed by atoms with Gasteiger partial charge in [0.2, 0.25) is 0 Å². The molecule has 23 heavy (non-hydrogen) atoms. The summed E-state index contributed by atoms with van der Waals surface area (Å²) in [4.78, 5) is 25.8. The van der Waals surface area contributed by atoms with Gasteiger partial charge in [-0.25, -0.2) is 0 Å². The van der Waals surface area contributed by atoms with Crippen LogP contribution >= 0.6 is 0 Å². The Morgan fingerprint density at radius 1 is 0.783 bits per heavy atom. The van der Waals surface area contributed by atoms with Crippen LogP contribution in [0.4, 0.5) is 0 Å². The van der Waals surface area contributed by atoms with Crippen LogP contribution in [0.5, 0.6) is 0 Å². The minimum absolute atomic E-state index is 0.0792. The third-order valence-corrected chi connectivity index (χ3v) is 4.89. The summed E-state index contributed by atoms with van der Waals surface area (Å²) < 4.78 is 0. The summed E-state index contributed by atoms with van der Waals surface area (Å²) in [6.45, 7) is 4.03. The predicted octanol–water partition coefficient (Wildman–Crippen LogP) is 4.62. The van der Waals surface area contributed by atoms with Gasteiger partial charge in [0.15, 0.2) is 11.6 Å². The highest BCUT2D eigenvalue weighted by atomic mass is 16.2. The molecule has 0 atom stereocenters. The Bertz CT molecular complexity index is 947. The Morgan fingerprint density at radius 2 is 1.35 bits per heavy atom. The van der Waals surface area contributed by atoms with Gasteiger partial charge in [0, 0.05) is 11.1 Å². The summed E-state index contributed by atoms with van der Waals surface area (Å²) in [7, 11) is 0. The minimum Gasteiger partial charge on any atom is -0.293 e. The van der Waals surface area contributed by atoms with Gasteiger partial charge < -0.3 is 0 Å². The van der Waals surface area contributed by atoms with E-state index in [0.29, 0.717) is 11.1 Å². The molecule has 2 nitrogen and oxygen atoms in total. The number of benzene rings is 3. The van der Waals surface area contributed by atoms with Crippen molar-refractivity contribution in [1.29, 1.82) is 0 Å². The SMILES string of the molecule is Cc1cc2ccccc2c(C2C(=O)c3ccccc3C2=O)c1C.